The van der Waals surface area contributed by atoms with Crippen molar-refractivity contribution >= 4 is 11.8 Å². The summed E-state index contributed by atoms with van der Waals surface area (Å²) in [6, 6.07) is 0. The molecule has 0 saturated heterocycles. The molecule has 0 aliphatic heterocycles. The van der Waals surface area contributed by atoms with Crippen molar-refractivity contribution in [3.8, 4) is 0 Å². The molecule has 3 heteroatoms. The minimum atomic E-state index is -0.487. The van der Waals surface area contributed by atoms with Crippen molar-refractivity contribution in [3.05, 3.63) is 0 Å². The van der Waals surface area contributed by atoms with Gasteiger partial charge in [-0.25, -0.2) is 0 Å². The van der Waals surface area contributed by atoms with Crippen LogP contribution in [-0.4, -0.2) is 17.4 Å². The van der Waals surface area contributed by atoms with Crippen LogP contribution >= 0.6 is 0 Å². The predicted molar refractivity (Wildman–Crippen MR) is 43.6 cm³/mol. The molecule has 0 aromatic carbocycles. The molecule has 3 nitrogen and oxygen atoms in total. The Labute approximate surface area is 72.1 Å². The second-order valence-corrected chi connectivity index (χ2v) is 3.48. The fourth-order valence-corrected chi connectivity index (χ4v) is 1.49. The third-order valence-electron chi connectivity index (χ3n) is 2.30. The summed E-state index contributed by atoms with van der Waals surface area (Å²) in [5.41, 5.74) is -0.487. The fraction of sp³-hybridized carbons (Fsp3) is 0.778. The number of esters is 1. The quantitative estimate of drug-likeness (QED) is 0.600. The van der Waals surface area contributed by atoms with Gasteiger partial charge < -0.3 is 4.74 Å². The standard InChI is InChI=1S/C9H14O3/c1-4-8(11)7-5-9(7,3)12-6(2)10/h7H,4-5H2,1-3H3. The molecule has 2 unspecified atom stereocenters. The zero-order valence-electron chi connectivity index (χ0n) is 7.72. The average molecular weight is 170 g/mol. The molecule has 0 heterocycles. The van der Waals surface area contributed by atoms with Crippen molar-refractivity contribution in [2.24, 2.45) is 5.92 Å². The summed E-state index contributed by atoms with van der Waals surface area (Å²) in [5.74, 6) is -0.158. The summed E-state index contributed by atoms with van der Waals surface area (Å²) < 4.78 is 5.02. The van der Waals surface area contributed by atoms with E-state index >= 15 is 0 Å². The number of Topliss-reactive ketones (excluding diaryl/α,β-unsaturated/α-hetero) is 1. The molecule has 0 spiro atoms. The predicted octanol–water partition coefficient (Wildman–Crippen LogP) is 1.31. The maximum Gasteiger partial charge on any atom is 0.303 e. The van der Waals surface area contributed by atoms with E-state index in [0.29, 0.717) is 12.8 Å². The third-order valence-corrected chi connectivity index (χ3v) is 2.30. The zero-order chi connectivity index (χ0) is 9.35. The van der Waals surface area contributed by atoms with E-state index in [1.54, 1.807) is 0 Å². The molecule has 0 N–H and O–H groups in total. The lowest BCUT2D eigenvalue weighted by atomic mass is 10.1. The summed E-state index contributed by atoms with van der Waals surface area (Å²) >= 11 is 0. The van der Waals surface area contributed by atoms with Gasteiger partial charge in [-0.1, -0.05) is 6.92 Å². The molecule has 0 amide bonds. The number of ether oxygens (including phenoxy) is 1. The van der Waals surface area contributed by atoms with Crippen LogP contribution in [0.4, 0.5) is 0 Å². The molecule has 0 radical (unpaired) electrons. The van der Waals surface area contributed by atoms with Crippen LogP contribution in [0.2, 0.25) is 0 Å². The first-order valence-electron chi connectivity index (χ1n) is 4.22. The van der Waals surface area contributed by atoms with Crippen LogP contribution in [0.1, 0.15) is 33.6 Å². The number of carbonyl (C=O) groups excluding carboxylic acids is 2. The molecular formula is C9H14O3. The monoisotopic (exact) mass is 170 g/mol. The zero-order valence-corrected chi connectivity index (χ0v) is 7.72. The van der Waals surface area contributed by atoms with Crippen LogP contribution in [-0.2, 0) is 14.3 Å². The summed E-state index contributed by atoms with van der Waals surface area (Å²) in [6.45, 7) is 5.01. The second-order valence-electron chi connectivity index (χ2n) is 3.48. The molecule has 1 aliphatic carbocycles. The van der Waals surface area contributed by atoms with Gasteiger partial charge in [-0.15, -0.1) is 0 Å². The minimum Gasteiger partial charge on any atom is -0.459 e. The Morgan fingerprint density at radius 2 is 2.17 bits per heavy atom. The fourth-order valence-electron chi connectivity index (χ4n) is 1.49. The van der Waals surface area contributed by atoms with Crippen LogP contribution < -0.4 is 0 Å². The van der Waals surface area contributed by atoms with Gasteiger partial charge in [-0.3, -0.25) is 9.59 Å². The number of hydrogen-bond acceptors (Lipinski definition) is 3. The lowest BCUT2D eigenvalue weighted by Crippen LogP contribution is -2.19. The van der Waals surface area contributed by atoms with E-state index in [-0.39, 0.29) is 17.7 Å². The van der Waals surface area contributed by atoms with Gasteiger partial charge in [0.2, 0.25) is 0 Å². The van der Waals surface area contributed by atoms with Crippen LogP contribution in [0.3, 0.4) is 0 Å². The molecule has 0 aromatic heterocycles. The normalized spacial score (nSPS) is 32.8. The van der Waals surface area contributed by atoms with Gasteiger partial charge in [0.15, 0.2) is 0 Å². The van der Waals surface area contributed by atoms with E-state index in [9.17, 15) is 9.59 Å². The van der Waals surface area contributed by atoms with Crippen LogP contribution in [0.25, 0.3) is 0 Å². The van der Waals surface area contributed by atoms with Gasteiger partial charge in [0.25, 0.3) is 0 Å². The maximum absolute atomic E-state index is 11.2. The van der Waals surface area contributed by atoms with Gasteiger partial charge >= 0.3 is 5.97 Å². The molecule has 2 atom stereocenters. The number of carbonyl (C=O) groups is 2. The molecule has 0 aromatic rings. The highest BCUT2D eigenvalue weighted by Crippen LogP contribution is 2.47. The van der Waals surface area contributed by atoms with Gasteiger partial charge in [0.05, 0.1) is 5.92 Å². The van der Waals surface area contributed by atoms with E-state index in [2.05, 4.69) is 0 Å². The molecule has 1 fully saturated rings. The average Bonchev–Trinajstić information content (AvgIpc) is 2.59. The highest BCUT2D eigenvalue weighted by Gasteiger charge is 2.56. The number of ketones is 1. The van der Waals surface area contributed by atoms with Crippen LogP contribution in [0, 0.1) is 5.92 Å². The first-order valence-corrected chi connectivity index (χ1v) is 4.22. The molecule has 1 saturated carbocycles. The molecule has 68 valence electrons. The SMILES string of the molecule is CCC(=O)C1CC1(C)OC(C)=O. The Kier molecular flexibility index (Phi) is 2.22. The number of rotatable bonds is 3. The van der Waals surface area contributed by atoms with Crippen molar-refractivity contribution in [1.29, 1.82) is 0 Å². The third kappa shape index (κ3) is 1.65. The Morgan fingerprint density at radius 3 is 2.58 bits per heavy atom. The molecular weight excluding hydrogens is 156 g/mol. The lowest BCUT2D eigenvalue weighted by molar-refractivity contribution is -0.148. The largest absolute Gasteiger partial charge is 0.459 e. The Hall–Kier alpha value is -0.860. The van der Waals surface area contributed by atoms with Crippen molar-refractivity contribution < 1.29 is 14.3 Å². The van der Waals surface area contributed by atoms with Gasteiger partial charge in [0, 0.05) is 19.8 Å². The second kappa shape index (κ2) is 2.88. The molecule has 12 heavy (non-hydrogen) atoms. The summed E-state index contributed by atoms with van der Waals surface area (Å²) in [7, 11) is 0. The maximum atomic E-state index is 11.2. The van der Waals surface area contributed by atoms with Crippen molar-refractivity contribution in [2.45, 2.75) is 39.2 Å². The summed E-state index contributed by atoms with van der Waals surface area (Å²) in [4.78, 5) is 21.8. The van der Waals surface area contributed by atoms with Crippen molar-refractivity contribution in [2.75, 3.05) is 0 Å². The summed E-state index contributed by atoms with van der Waals surface area (Å²) in [6.07, 6.45) is 1.22. The minimum absolute atomic E-state index is 0.0496. The van der Waals surface area contributed by atoms with Crippen molar-refractivity contribution in [3.63, 3.8) is 0 Å². The van der Waals surface area contributed by atoms with E-state index in [0.717, 1.165) is 0 Å². The Morgan fingerprint density at radius 1 is 1.58 bits per heavy atom. The summed E-state index contributed by atoms with van der Waals surface area (Å²) in [5, 5.41) is 0. The first-order chi connectivity index (χ1) is 5.49. The van der Waals surface area contributed by atoms with E-state index in [1.165, 1.54) is 6.92 Å². The lowest BCUT2D eigenvalue weighted by Gasteiger charge is -2.10. The van der Waals surface area contributed by atoms with Gasteiger partial charge in [0.1, 0.15) is 11.4 Å². The highest BCUT2D eigenvalue weighted by molar-refractivity contribution is 5.85. The first kappa shape index (κ1) is 9.23. The van der Waals surface area contributed by atoms with E-state index < -0.39 is 5.60 Å². The highest BCUT2D eigenvalue weighted by atomic mass is 16.6. The molecule has 0 bridgehead atoms. The van der Waals surface area contributed by atoms with Crippen LogP contribution in [0.5, 0.6) is 0 Å². The topological polar surface area (TPSA) is 43.4 Å². The van der Waals surface area contributed by atoms with Crippen LogP contribution in [0.15, 0.2) is 0 Å². The molecule has 1 rings (SSSR count). The van der Waals surface area contributed by atoms with Gasteiger partial charge in [-0.2, -0.15) is 0 Å². The number of hydrogen-bond donors (Lipinski definition) is 0. The Balaban J connectivity index is 2.48. The van der Waals surface area contributed by atoms with E-state index in [1.807, 2.05) is 13.8 Å². The van der Waals surface area contributed by atoms with E-state index in [4.69, 9.17) is 4.74 Å². The Bertz CT molecular complexity index is 222. The van der Waals surface area contributed by atoms with Gasteiger partial charge in [-0.05, 0) is 6.92 Å². The smallest absolute Gasteiger partial charge is 0.303 e. The van der Waals surface area contributed by atoms with Crippen molar-refractivity contribution in [1.82, 2.24) is 0 Å². The molecule has 1 aliphatic rings.